The lowest BCUT2D eigenvalue weighted by Gasteiger charge is -2.25. The van der Waals surface area contributed by atoms with E-state index in [4.69, 9.17) is 4.98 Å². The van der Waals surface area contributed by atoms with Crippen molar-refractivity contribution in [3.05, 3.63) is 28.8 Å². The van der Waals surface area contributed by atoms with E-state index < -0.39 is 0 Å². The molecule has 1 unspecified atom stereocenters. The molecular weight excluding hydrogens is 252 g/mol. The SMILES string of the molecule is CC(C)(C)c1nc2c(C3(C)CCCN3)cccc2s1. The largest absolute Gasteiger partial charge is 0.308 e. The summed E-state index contributed by atoms with van der Waals surface area (Å²) in [5.41, 5.74) is 2.80. The predicted molar refractivity (Wildman–Crippen MR) is 82.9 cm³/mol. The van der Waals surface area contributed by atoms with Crippen molar-refractivity contribution in [2.75, 3.05) is 6.54 Å². The molecule has 1 aliphatic rings. The van der Waals surface area contributed by atoms with Crippen LogP contribution in [0.1, 0.15) is 51.1 Å². The minimum atomic E-state index is 0.0999. The smallest absolute Gasteiger partial charge is 0.0992 e. The molecule has 2 heterocycles. The van der Waals surface area contributed by atoms with E-state index in [1.54, 1.807) is 0 Å². The predicted octanol–water partition coefficient (Wildman–Crippen LogP) is 4.19. The molecule has 1 saturated heterocycles. The second-order valence-electron chi connectivity index (χ2n) is 6.78. The molecular formula is C16H22N2S. The lowest BCUT2D eigenvalue weighted by Crippen LogP contribution is -2.33. The number of rotatable bonds is 1. The van der Waals surface area contributed by atoms with Crippen molar-refractivity contribution < 1.29 is 0 Å². The van der Waals surface area contributed by atoms with E-state index >= 15 is 0 Å². The van der Waals surface area contributed by atoms with Crippen LogP contribution >= 0.6 is 11.3 Å². The normalized spacial score (nSPS) is 24.2. The lowest BCUT2D eigenvalue weighted by atomic mass is 9.89. The van der Waals surface area contributed by atoms with Gasteiger partial charge in [0.05, 0.1) is 15.2 Å². The van der Waals surface area contributed by atoms with E-state index in [-0.39, 0.29) is 11.0 Å². The van der Waals surface area contributed by atoms with Crippen molar-refractivity contribution in [1.82, 2.24) is 10.3 Å². The Kier molecular flexibility index (Phi) is 2.95. The van der Waals surface area contributed by atoms with Crippen LogP contribution in [-0.2, 0) is 11.0 Å². The van der Waals surface area contributed by atoms with E-state index in [9.17, 15) is 0 Å². The van der Waals surface area contributed by atoms with Gasteiger partial charge in [0.2, 0.25) is 0 Å². The summed E-state index contributed by atoms with van der Waals surface area (Å²) in [5.74, 6) is 0. The van der Waals surface area contributed by atoms with Gasteiger partial charge in [-0.2, -0.15) is 0 Å². The fraction of sp³-hybridized carbons (Fsp3) is 0.562. The quantitative estimate of drug-likeness (QED) is 0.843. The van der Waals surface area contributed by atoms with Gasteiger partial charge in [0, 0.05) is 11.0 Å². The molecule has 0 radical (unpaired) electrons. The lowest BCUT2D eigenvalue weighted by molar-refractivity contribution is 0.438. The Bertz CT molecular complexity index is 601. The molecule has 1 fully saturated rings. The van der Waals surface area contributed by atoms with E-state index in [1.165, 1.54) is 33.6 Å². The second-order valence-corrected chi connectivity index (χ2v) is 7.81. The van der Waals surface area contributed by atoms with Gasteiger partial charge >= 0.3 is 0 Å². The van der Waals surface area contributed by atoms with Crippen molar-refractivity contribution in [3.63, 3.8) is 0 Å². The number of nitrogens with one attached hydrogen (secondary N) is 1. The summed E-state index contributed by atoms with van der Waals surface area (Å²) in [6, 6.07) is 6.62. The van der Waals surface area contributed by atoms with E-state index in [0.29, 0.717) is 0 Å². The molecule has 0 aliphatic carbocycles. The van der Waals surface area contributed by atoms with Gasteiger partial charge < -0.3 is 5.32 Å². The van der Waals surface area contributed by atoms with Gasteiger partial charge in [-0.1, -0.05) is 32.9 Å². The molecule has 0 saturated carbocycles. The summed E-state index contributed by atoms with van der Waals surface area (Å²) in [7, 11) is 0. The van der Waals surface area contributed by atoms with Gasteiger partial charge in [0.25, 0.3) is 0 Å². The van der Waals surface area contributed by atoms with Crippen LogP contribution in [0.25, 0.3) is 10.2 Å². The van der Waals surface area contributed by atoms with Crippen LogP contribution in [0.3, 0.4) is 0 Å². The van der Waals surface area contributed by atoms with Crippen molar-refractivity contribution >= 4 is 21.6 Å². The number of nitrogens with zero attached hydrogens (tertiary/aromatic N) is 1. The van der Waals surface area contributed by atoms with Crippen LogP contribution < -0.4 is 5.32 Å². The number of benzene rings is 1. The Morgan fingerprint density at radius 3 is 2.74 bits per heavy atom. The Hall–Kier alpha value is -0.930. The Morgan fingerprint density at radius 1 is 1.32 bits per heavy atom. The first-order valence-electron chi connectivity index (χ1n) is 7.06. The Labute approximate surface area is 119 Å². The number of para-hydroxylation sites is 1. The highest BCUT2D eigenvalue weighted by Crippen LogP contribution is 2.38. The third-order valence-electron chi connectivity index (χ3n) is 4.02. The molecule has 1 aliphatic heterocycles. The van der Waals surface area contributed by atoms with Gasteiger partial charge in [-0.3, -0.25) is 0 Å². The summed E-state index contributed by atoms with van der Waals surface area (Å²) < 4.78 is 1.32. The molecule has 1 aromatic carbocycles. The highest BCUT2D eigenvalue weighted by Gasteiger charge is 2.32. The van der Waals surface area contributed by atoms with Crippen LogP contribution in [0.5, 0.6) is 0 Å². The third kappa shape index (κ3) is 2.19. The van der Waals surface area contributed by atoms with E-state index in [0.717, 1.165) is 6.54 Å². The summed E-state index contributed by atoms with van der Waals surface area (Å²) in [4.78, 5) is 4.95. The standard InChI is InChI=1S/C16H22N2S/c1-15(2,3)14-18-13-11(7-5-8-12(13)19-14)16(4)9-6-10-17-16/h5,7-8,17H,6,9-10H2,1-4H3. The Balaban J connectivity index is 2.18. The van der Waals surface area contributed by atoms with Crippen molar-refractivity contribution in [1.29, 1.82) is 0 Å². The average molecular weight is 274 g/mol. The van der Waals surface area contributed by atoms with Crippen molar-refractivity contribution in [2.24, 2.45) is 0 Å². The maximum absolute atomic E-state index is 4.95. The van der Waals surface area contributed by atoms with Crippen LogP contribution in [0, 0.1) is 0 Å². The minimum absolute atomic E-state index is 0.0999. The summed E-state index contributed by atoms with van der Waals surface area (Å²) in [5, 5.41) is 4.89. The number of aromatic nitrogens is 1. The summed E-state index contributed by atoms with van der Waals surface area (Å²) in [6.07, 6.45) is 2.46. The van der Waals surface area contributed by atoms with E-state index in [1.807, 2.05) is 11.3 Å². The Morgan fingerprint density at radius 2 is 2.11 bits per heavy atom. The van der Waals surface area contributed by atoms with Gasteiger partial charge in [-0.15, -0.1) is 11.3 Å². The van der Waals surface area contributed by atoms with Crippen LogP contribution in [0.15, 0.2) is 18.2 Å². The zero-order chi connectivity index (χ0) is 13.7. The van der Waals surface area contributed by atoms with Gasteiger partial charge in [0.1, 0.15) is 0 Å². The molecule has 19 heavy (non-hydrogen) atoms. The third-order valence-corrected chi connectivity index (χ3v) is 5.47. The average Bonchev–Trinajstić information content (AvgIpc) is 2.94. The van der Waals surface area contributed by atoms with Crippen LogP contribution in [0.2, 0.25) is 0 Å². The van der Waals surface area contributed by atoms with E-state index in [2.05, 4.69) is 51.2 Å². The summed E-state index contributed by atoms with van der Waals surface area (Å²) >= 11 is 1.84. The minimum Gasteiger partial charge on any atom is -0.308 e. The molecule has 102 valence electrons. The van der Waals surface area contributed by atoms with Gasteiger partial charge in [0.15, 0.2) is 0 Å². The number of thiazole rings is 1. The first-order valence-corrected chi connectivity index (χ1v) is 7.87. The molecule has 2 aromatic rings. The maximum atomic E-state index is 4.95. The fourth-order valence-electron chi connectivity index (χ4n) is 2.84. The highest BCUT2D eigenvalue weighted by atomic mass is 32.1. The number of fused-ring (bicyclic) bond motifs is 1. The number of hydrogen-bond donors (Lipinski definition) is 1. The molecule has 3 heteroatoms. The maximum Gasteiger partial charge on any atom is 0.0992 e. The number of hydrogen-bond acceptors (Lipinski definition) is 3. The molecule has 1 atom stereocenters. The van der Waals surface area contributed by atoms with Crippen LogP contribution in [-0.4, -0.2) is 11.5 Å². The first-order chi connectivity index (χ1) is 8.90. The molecule has 0 spiro atoms. The molecule has 3 rings (SSSR count). The molecule has 0 bridgehead atoms. The first kappa shape index (κ1) is 13.1. The zero-order valence-corrected chi connectivity index (χ0v) is 13.0. The molecule has 0 amide bonds. The van der Waals surface area contributed by atoms with Gasteiger partial charge in [-0.25, -0.2) is 4.98 Å². The molecule has 1 N–H and O–H groups in total. The fourth-order valence-corrected chi connectivity index (χ4v) is 3.89. The highest BCUT2D eigenvalue weighted by molar-refractivity contribution is 7.18. The molecule has 1 aromatic heterocycles. The summed E-state index contributed by atoms with van der Waals surface area (Å²) in [6.45, 7) is 10.1. The van der Waals surface area contributed by atoms with Crippen molar-refractivity contribution in [2.45, 2.75) is 51.5 Å². The second kappa shape index (κ2) is 4.29. The van der Waals surface area contributed by atoms with Crippen LogP contribution in [0.4, 0.5) is 0 Å². The van der Waals surface area contributed by atoms with Crippen molar-refractivity contribution in [3.8, 4) is 0 Å². The molecule has 2 nitrogen and oxygen atoms in total. The topological polar surface area (TPSA) is 24.9 Å². The zero-order valence-electron chi connectivity index (χ0n) is 12.2. The monoisotopic (exact) mass is 274 g/mol. The van der Waals surface area contributed by atoms with Gasteiger partial charge in [-0.05, 0) is 37.9 Å².